The maximum absolute atomic E-state index is 13.2. The summed E-state index contributed by atoms with van der Waals surface area (Å²) in [5.41, 5.74) is 6.43. The van der Waals surface area contributed by atoms with Crippen molar-refractivity contribution in [3.05, 3.63) is 56.4 Å². The molecule has 3 N–H and O–H groups in total. The van der Waals surface area contributed by atoms with Gasteiger partial charge in [-0.2, -0.15) is 0 Å². The van der Waals surface area contributed by atoms with Gasteiger partial charge in [0.15, 0.2) is 0 Å². The number of hydrogen-bond donors (Lipinski definition) is 2. The summed E-state index contributed by atoms with van der Waals surface area (Å²) in [5.74, 6) is -0.614. The second-order valence-electron chi connectivity index (χ2n) is 3.98. The van der Waals surface area contributed by atoms with Gasteiger partial charge in [-0.05, 0) is 45.8 Å². The first-order valence-electron chi connectivity index (χ1n) is 5.50. The fourth-order valence-corrected chi connectivity index (χ4v) is 3.35. The number of aliphatic hydroxyl groups is 1. The lowest BCUT2D eigenvalue weighted by atomic mass is 9.92. The Bertz CT molecular complexity index is 531. The van der Waals surface area contributed by atoms with Gasteiger partial charge in [-0.3, -0.25) is 0 Å². The molecule has 5 heteroatoms. The second kappa shape index (κ2) is 5.93. The van der Waals surface area contributed by atoms with Crippen molar-refractivity contribution in [2.24, 2.45) is 5.73 Å². The first-order chi connectivity index (χ1) is 8.61. The molecule has 1 aromatic carbocycles. The average molecular weight is 330 g/mol. The first-order valence-corrected chi connectivity index (χ1v) is 7.11. The third kappa shape index (κ3) is 2.98. The molecule has 18 heavy (non-hydrogen) atoms. The van der Waals surface area contributed by atoms with Crippen molar-refractivity contribution < 1.29 is 9.50 Å². The molecular formula is C13H13BrFNOS. The van der Waals surface area contributed by atoms with Crippen molar-refractivity contribution in [2.75, 3.05) is 6.54 Å². The SMILES string of the molecule is NCC(c1cccc(F)c1)C(O)c1ccc(Br)s1. The van der Waals surface area contributed by atoms with Crippen molar-refractivity contribution in [3.8, 4) is 0 Å². The summed E-state index contributed by atoms with van der Waals surface area (Å²) in [6.07, 6.45) is -0.715. The van der Waals surface area contributed by atoms with E-state index in [1.807, 2.05) is 12.1 Å². The number of aliphatic hydroxyl groups excluding tert-OH is 1. The van der Waals surface area contributed by atoms with Crippen molar-refractivity contribution in [1.82, 2.24) is 0 Å². The van der Waals surface area contributed by atoms with Crippen LogP contribution in [0.1, 0.15) is 22.5 Å². The van der Waals surface area contributed by atoms with E-state index in [0.717, 1.165) is 14.2 Å². The van der Waals surface area contributed by atoms with Crippen LogP contribution in [0.2, 0.25) is 0 Å². The van der Waals surface area contributed by atoms with Gasteiger partial charge in [-0.1, -0.05) is 12.1 Å². The molecule has 0 saturated heterocycles. The van der Waals surface area contributed by atoms with Crippen molar-refractivity contribution in [3.63, 3.8) is 0 Å². The van der Waals surface area contributed by atoms with Crippen LogP contribution >= 0.6 is 27.3 Å². The Kier molecular flexibility index (Phi) is 4.50. The first kappa shape index (κ1) is 13.7. The minimum atomic E-state index is -0.715. The predicted octanol–water partition coefficient (Wildman–Crippen LogP) is 3.43. The molecule has 2 unspecified atom stereocenters. The van der Waals surface area contributed by atoms with E-state index in [4.69, 9.17) is 5.73 Å². The molecule has 2 nitrogen and oxygen atoms in total. The van der Waals surface area contributed by atoms with Crippen molar-refractivity contribution >= 4 is 27.3 Å². The number of hydrogen-bond acceptors (Lipinski definition) is 3. The van der Waals surface area contributed by atoms with E-state index in [1.165, 1.54) is 23.5 Å². The van der Waals surface area contributed by atoms with Crippen LogP contribution < -0.4 is 5.73 Å². The van der Waals surface area contributed by atoms with Crippen molar-refractivity contribution in [2.45, 2.75) is 12.0 Å². The third-order valence-corrected chi connectivity index (χ3v) is 4.49. The zero-order valence-corrected chi connectivity index (χ0v) is 11.9. The highest BCUT2D eigenvalue weighted by Gasteiger charge is 2.23. The molecule has 1 aromatic heterocycles. The summed E-state index contributed by atoms with van der Waals surface area (Å²) in [6, 6.07) is 9.94. The van der Waals surface area contributed by atoms with Crippen LogP contribution in [0.4, 0.5) is 4.39 Å². The van der Waals surface area contributed by atoms with Gasteiger partial charge in [0.1, 0.15) is 5.82 Å². The molecular weight excluding hydrogens is 317 g/mol. The van der Waals surface area contributed by atoms with Gasteiger partial charge < -0.3 is 10.8 Å². The molecule has 0 fully saturated rings. The molecule has 0 spiro atoms. The summed E-state index contributed by atoms with van der Waals surface area (Å²) in [4.78, 5) is 0.821. The van der Waals surface area contributed by atoms with Crippen LogP contribution in [0.15, 0.2) is 40.2 Å². The molecule has 0 aliphatic rings. The Morgan fingerprint density at radius 1 is 1.33 bits per heavy atom. The minimum absolute atomic E-state index is 0.264. The van der Waals surface area contributed by atoms with Gasteiger partial charge in [0, 0.05) is 17.3 Å². The quantitative estimate of drug-likeness (QED) is 0.902. The van der Waals surface area contributed by atoms with Gasteiger partial charge in [0.25, 0.3) is 0 Å². The summed E-state index contributed by atoms with van der Waals surface area (Å²) in [5, 5.41) is 10.3. The molecule has 2 rings (SSSR count). The van der Waals surface area contributed by atoms with Gasteiger partial charge in [-0.15, -0.1) is 11.3 Å². The zero-order valence-electron chi connectivity index (χ0n) is 9.51. The van der Waals surface area contributed by atoms with Crippen LogP contribution in [-0.4, -0.2) is 11.7 Å². The molecule has 0 amide bonds. The van der Waals surface area contributed by atoms with Crippen molar-refractivity contribution in [1.29, 1.82) is 0 Å². The monoisotopic (exact) mass is 329 g/mol. The smallest absolute Gasteiger partial charge is 0.123 e. The number of rotatable bonds is 4. The minimum Gasteiger partial charge on any atom is -0.387 e. The molecule has 2 aromatic rings. The van der Waals surface area contributed by atoms with Gasteiger partial charge >= 0.3 is 0 Å². The number of thiophene rings is 1. The molecule has 1 heterocycles. The summed E-state index contributed by atoms with van der Waals surface area (Å²) in [7, 11) is 0. The van der Waals surface area contributed by atoms with E-state index in [-0.39, 0.29) is 18.3 Å². The zero-order chi connectivity index (χ0) is 13.1. The van der Waals surface area contributed by atoms with E-state index in [0.29, 0.717) is 0 Å². The molecule has 0 aliphatic carbocycles. The largest absolute Gasteiger partial charge is 0.387 e. The lowest BCUT2D eigenvalue weighted by Gasteiger charge is -2.21. The molecule has 96 valence electrons. The third-order valence-electron chi connectivity index (χ3n) is 2.80. The maximum atomic E-state index is 13.2. The van der Waals surface area contributed by atoms with Crippen LogP contribution in [0.5, 0.6) is 0 Å². The lowest BCUT2D eigenvalue weighted by molar-refractivity contribution is 0.151. The topological polar surface area (TPSA) is 46.2 Å². The summed E-state index contributed by atoms with van der Waals surface area (Å²) >= 11 is 4.81. The average Bonchev–Trinajstić information content (AvgIpc) is 2.77. The highest BCUT2D eigenvalue weighted by molar-refractivity contribution is 9.11. The molecule has 2 atom stereocenters. The maximum Gasteiger partial charge on any atom is 0.123 e. The molecule has 0 aliphatic heterocycles. The molecule has 0 saturated carbocycles. The highest BCUT2D eigenvalue weighted by Crippen LogP contribution is 2.35. The van der Waals surface area contributed by atoms with Crippen LogP contribution in [-0.2, 0) is 0 Å². The Morgan fingerprint density at radius 3 is 2.67 bits per heavy atom. The Labute approximate surface area is 117 Å². The van der Waals surface area contributed by atoms with E-state index in [1.54, 1.807) is 12.1 Å². The Hall–Kier alpha value is -0.750. The fourth-order valence-electron chi connectivity index (χ4n) is 1.87. The van der Waals surface area contributed by atoms with Crippen LogP contribution in [0, 0.1) is 5.82 Å². The Balaban J connectivity index is 2.28. The van der Waals surface area contributed by atoms with Gasteiger partial charge in [0.05, 0.1) is 9.89 Å². The molecule has 0 radical (unpaired) electrons. The van der Waals surface area contributed by atoms with Gasteiger partial charge in [-0.25, -0.2) is 4.39 Å². The van der Waals surface area contributed by atoms with Crippen LogP contribution in [0.25, 0.3) is 0 Å². The lowest BCUT2D eigenvalue weighted by Crippen LogP contribution is -2.19. The summed E-state index contributed by atoms with van der Waals surface area (Å²) < 4.78 is 14.2. The normalized spacial score (nSPS) is 14.4. The Morgan fingerprint density at radius 2 is 2.11 bits per heavy atom. The standard InChI is InChI=1S/C13H13BrFNOS/c14-12-5-4-11(18-12)13(17)10(7-16)8-2-1-3-9(15)6-8/h1-6,10,13,17H,7,16H2. The molecule has 0 bridgehead atoms. The van der Waals surface area contributed by atoms with E-state index in [9.17, 15) is 9.50 Å². The van der Waals surface area contributed by atoms with Crippen LogP contribution in [0.3, 0.4) is 0 Å². The second-order valence-corrected chi connectivity index (χ2v) is 6.48. The fraction of sp³-hybridized carbons (Fsp3) is 0.231. The summed E-state index contributed by atoms with van der Waals surface area (Å²) in [6.45, 7) is 0.264. The van der Waals surface area contributed by atoms with E-state index < -0.39 is 6.10 Å². The number of benzene rings is 1. The van der Waals surface area contributed by atoms with E-state index in [2.05, 4.69) is 15.9 Å². The van der Waals surface area contributed by atoms with E-state index >= 15 is 0 Å². The highest BCUT2D eigenvalue weighted by atomic mass is 79.9. The number of halogens is 2. The predicted molar refractivity (Wildman–Crippen MR) is 75.2 cm³/mol. The number of nitrogens with two attached hydrogens (primary N) is 1. The van der Waals surface area contributed by atoms with Gasteiger partial charge in [0.2, 0.25) is 0 Å².